The van der Waals surface area contributed by atoms with Crippen LogP contribution in [-0.4, -0.2) is 24.8 Å². The molecule has 0 fully saturated rings. The number of halogens is 1. The molecule has 3 rings (SSSR count). The summed E-state index contributed by atoms with van der Waals surface area (Å²) in [5, 5.41) is -0.124. The molecule has 21 heavy (non-hydrogen) atoms. The third-order valence-corrected chi connectivity index (χ3v) is 4.88. The first-order chi connectivity index (χ1) is 9.97. The lowest BCUT2D eigenvalue weighted by molar-refractivity contribution is 0.174. The maximum absolute atomic E-state index is 12.1. The van der Waals surface area contributed by atoms with E-state index < -0.39 is 10.0 Å². The smallest absolute Gasteiger partial charge is 0.261 e. The van der Waals surface area contributed by atoms with Gasteiger partial charge in [-0.05, 0) is 17.7 Å². The van der Waals surface area contributed by atoms with Crippen LogP contribution < -0.4 is 14.2 Å². The number of fused-ring (bicyclic) bond motifs is 1. The molecule has 0 radical (unpaired) electrons. The Bertz CT molecular complexity index is 788. The summed E-state index contributed by atoms with van der Waals surface area (Å²) in [5.41, 5.74) is 0.745. The van der Waals surface area contributed by atoms with Gasteiger partial charge in [0.25, 0.3) is 10.0 Å². The number of imidazole rings is 1. The minimum absolute atomic E-state index is 0.0631. The molecular formula is C12H12ClN3O4S. The molecule has 0 bridgehead atoms. The highest BCUT2D eigenvalue weighted by atomic mass is 35.5. The second-order valence-electron chi connectivity index (χ2n) is 4.46. The molecule has 9 heteroatoms. The maximum Gasteiger partial charge on any atom is 0.261 e. The molecule has 1 aromatic carbocycles. The van der Waals surface area contributed by atoms with E-state index in [4.69, 9.17) is 21.1 Å². The Morgan fingerprint density at radius 2 is 2.14 bits per heavy atom. The zero-order chi connectivity index (χ0) is 15.0. The topological polar surface area (TPSA) is 82.5 Å². The Balaban J connectivity index is 1.76. The molecule has 2 aromatic rings. The molecule has 0 amide bonds. The van der Waals surface area contributed by atoms with E-state index in [0.29, 0.717) is 11.5 Å². The van der Waals surface area contributed by atoms with Gasteiger partial charge >= 0.3 is 0 Å². The average molecular weight is 330 g/mol. The number of ether oxygens (including phenoxy) is 2. The number of benzene rings is 1. The van der Waals surface area contributed by atoms with Crippen molar-refractivity contribution in [2.75, 3.05) is 6.79 Å². The lowest BCUT2D eigenvalue weighted by Gasteiger charge is -2.06. The van der Waals surface area contributed by atoms with Crippen LogP contribution in [0.15, 0.2) is 29.6 Å². The highest BCUT2D eigenvalue weighted by Crippen LogP contribution is 2.32. The Kier molecular flexibility index (Phi) is 3.52. The van der Waals surface area contributed by atoms with Crippen LogP contribution in [0.2, 0.25) is 5.15 Å². The van der Waals surface area contributed by atoms with Crippen LogP contribution in [0.5, 0.6) is 11.5 Å². The number of nitrogens with one attached hydrogen (secondary N) is 1. The Hall–Kier alpha value is -1.77. The zero-order valence-electron chi connectivity index (χ0n) is 11.0. The third-order valence-electron chi connectivity index (χ3n) is 2.99. The van der Waals surface area contributed by atoms with Gasteiger partial charge in [0.15, 0.2) is 11.5 Å². The fourth-order valence-electron chi connectivity index (χ4n) is 1.87. The number of hydrogen-bond acceptors (Lipinski definition) is 5. The van der Waals surface area contributed by atoms with Crippen LogP contribution in [-0.2, 0) is 23.6 Å². The predicted octanol–water partition coefficient (Wildman–Crippen LogP) is 1.28. The first-order valence-electron chi connectivity index (χ1n) is 6.02. The zero-order valence-corrected chi connectivity index (χ0v) is 12.6. The van der Waals surface area contributed by atoms with E-state index in [1.54, 1.807) is 25.2 Å². The second-order valence-corrected chi connectivity index (χ2v) is 6.50. The van der Waals surface area contributed by atoms with E-state index in [-0.39, 0.29) is 23.5 Å². The summed E-state index contributed by atoms with van der Waals surface area (Å²) in [6, 6.07) is 5.22. The minimum atomic E-state index is -3.77. The van der Waals surface area contributed by atoms with Crippen molar-refractivity contribution >= 4 is 21.6 Å². The molecule has 2 heterocycles. The lowest BCUT2D eigenvalue weighted by atomic mass is 10.2. The van der Waals surface area contributed by atoms with Crippen molar-refractivity contribution in [1.29, 1.82) is 0 Å². The van der Waals surface area contributed by atoms with Crippen molar-refractivity contribution in [3.8, 4) is 11.5 Å². The van der Waals surface area contributed by atoms with E-state index in [0.717, 1.165) is 5.56 Å². The summed E-state index contributed by atoms with van der Waals surface area (Å²) in [6.45, 7) is 0.278. The van der Waals surface area contributed by atoms with Crippen LogP contribution in [0.3, 0.4) is 0 Å². The van der Waals surface area contributed by atoms with Crippen molar-refractivity contribution in [3.05, 3.63) is 35.2 Å². The summed E-state index contributed by atoms with van der Waals surface area (Å²) >= 11 is 5.90. The lowest BCUT2D eigenvalue weighted by Crippen LogP contribution is -2.24. The fraction of sp³-hybridized carbons (Fsp3) is 0.250. The van der Waals surface area contributed by atoms with Crippen LogP contribution in [0.1, 0.15) is 5.56 Å². The molecule has 1 aliphatic rings. The highest BCUT2D eigenvalue weighted by molar-refractivity contribution is 7.89. The molecule has 0 saturated heterocycles. The van der Waals surface area contributed by atoms with E-state index in [1.807, 2.05) is 0 Å². The summed E-state index contributed by atoms with van der Waals surface area (Å²) < 4.78 is 38.6. The first kappa shape index (κ1) is 14.2. The number of rotatable bonds is 4. The van der Waals surface area contributed by atoms with Crippen molar-refractivity contribution < 1.29 is 17.9 Å². The van der Waals surface area contributed by atoms with Gasteiger partial charge < -0.3 is 14.0 Å². The van der Waals surface area contributed by atoms with Gasteiger partial charge in [-0.3, -0.25) is 0 Å². The van der Waals surface area contributed by atoms with Gasteiger partial charge in [0.1, 0.15) is 5.15 Å². The molecule has 112 valence electrons. The van der Waals surface area contributed by atoms with E-state index >= 15 is 0 Å². The largest absolute Gasteiger partial charge is 0.454 e. The molecular weight excluding hydrogens is 318 g/mol. The number of aromatic nitrogens is 2. The minimum Gasteiger partial charge on any atom is -0.454 e. The van der Waals surface area contributed by atoms with E-state index in [2.05, 4.69) is 9.71 Å². The van der Waals surface area contributed by atoms with Crippen LogP contribution >= 0.6 is 11.6 Å². The maximum atomic E-state index is 12.1. The van der Waals surface area contributed by atoms with Gasteiger partial charge in [-0.2, -0.15) is 0 Å². The van der Waals surface area contributed by atoms with Crippen LogP contribution in [0.4, 0.5) is 0 Å². The molecule has 0 spiro atoms. The van der Waals surface area contributed by atoms with Crippen molar-refractivity contribution in [2.24, 2.45) is 7.05 Å². The van der Waals surface area contributed by atoms with Crippen LogP contribution in [0.25, 0.3) is 0 Å². The number of aryl methyl sites for hydroxylation is 1. The standard InChI is InChI=1S/C12H12ClN3O4S/c1-16-6-14-12(11(16)13)21(17,18)15-5-8-2-3-9-10(4-8)20-7-19-9/h2-4,6,15H,5,7H2,1H3. The molecule has 1 aromatic heterocycles. The molecule has 7 nitrogen and oxygen atoms in total. The number of sulfonamides is 1. The van der Waals surface area contributed by atoms with Gasteiger partial charge in [0.2, 0.25) is 11.8 Å². The van der Waals surface area contributed by atoms with E-state index in [9.17, 15) is 8.42 Å². The number of hydrogen-bond donors (Lipinski definition) is 1. The predicted molar refractivity (Wildman–Crippen MR) is 74.8 cm³/mol. The van der Waals surface area contributed by atoms with Gasteiger partial charge in [0.05, 0.1) is 6.33 Å². The Morgan fingerprint density at radius 3 is 2.86 bits per heavy atom. The normalized spacial score (nSPS) is 13.6. The third kappa shape index (κ3) is 2.69. The first-order valence-corrected chi connectivity index (χ1v) is 7.88. The monoisotopic (exact) mass is 329 g/mol. The second kappa shape index (κ2) is 5.21. The number of nitrogens with zero attached hydrogens (tertiary/aromatic N) is 2. The molecule has 0 atom stereocenters. The van der Waals surface area contributed by atoms with Crippen LogP contribution in [0, 0.1) is 0 Å². The van der Waals surface area contributed by atoms with Gasteiger partial charge in [-0.1, -0.05) is 17.7 Å². The summed E-state index contributed by atoms with van der Waals surface area (Å²) in [6.07, 6.45) is 1.34. The van der Waals surface area contributed by atoms with Gasteiger partial charge in [0, 0.05) is 13.6 Å². The molecule has 0 unspecified atom stereocenters. The molecule has 1 N–H and O–H groups in total. The van der Waals surface area contributed by atoms with Crippen molar-refractivity contribution in [3.63, 3.8) is 0 Å². The molecule has 0 aliphatic carbocycles. The quantitative estimate of drug-likeness (QED) is 0.913. The summed E-state index contributed by atoms with van der Waals surface area (Å²) in [7, 11) is -2.15. The van der Waals surface area contributed by atoms with Gasteiger partial charge in [-0.15, -0.1) is 0 Å². The van der Waals surface area contributed by atoms with E-state index in [1.165, 1.54) is 10.9 Å². The highest BCUT2D eigenvalue weighted by Gasteiger charge is 2.22. The van der Waals surface area contributed by atoms with Gasteiger partial charge in [-0.25, -0.2) is 18.1 Å². The average Bonchev–Trinajstić information content (AvgIpc) is 3.04. The molecule has 1 aliphatic heterocycles. The fourth-order valence-corrected chi connectivity index (χ4v) is 3.31. The Morgan fingerprint density at radius 1 is 1.38 bits per heavy atom. The summed E-state index contributed by atoms with van der Waals surface area (Å²) in [4.78, 5) is 3.79. The van der Waals surface area contributed by atoms with Crippen molar-refractivity contribution in [2.45, 2.75) is 11.6 Å². The Labute approximate surface area is 126 Å². The molecule has 0 saturated carbocycles. The van der Waals surface area contributed by atoms with Crippen molar-refractivity contribution in [1.82, 2.24) is 14.3 Å². The SMILES string of the molecule is Cn1cnc(S(=O)(=O)NCc2ccc3c(c2)OCO3)c1Cl. The summed E-state index contributed by atoms with van der Waals surface area (Å²) in [5.74, 6) is 1.25.